The van der Waals surface area contributed by atoms with Crippen molar-refractivity contribution in [1.82, 2.24) is 15.0 Å². The van der Waals surface area contributed by atoms with Crippen LogP contribution in [0.1, 0.15) is 5.69 Å². The lowest BCUT2D eigenvalue weighted by Gasteiger charge is -2.02. The van der Waals surface area contributed by atoms with Gasteiger partial charge in [0, 0.05) is 22.7 Å². The van der Waals surface area contributed by atoms with Gasteiger partial charge in [-0.05, 0) is 6.92 Å². The van der Waals surface area contributed by atoms with Crippen molar-refractivity contribution < 1.29 is 0 Å². The summed E-state index contributed by atoms with van der Waals surface area (Å²) in [4.78, 5) is 23.3. The Balaban J connectivity index is 2.14. The van der Waals surface area contributed by atoms with Crippen molar-refractivity contribution in [3.05, 3.63) is 57.8 Å². The number of hydrogen-bond donors (Lipinski definition) is 1. The molecule has 5 heteroatoms. The quantitative estimate of drug-likeness (QED) is 0.778. The minimum absolute atomic E-state index is 0.170. The number of aromatic amines is 1. The molecule has 3 aromatic rings. The second-order valence-electron chi connectivity index (χ2n) is 4.14. The van der Waals surface area contributed by atoms with E-state index in [0.717, 1.165) is 16.3 Å². The standard InChI is InChI=1S/C14H11N3OS/c1-9-8-19-14(15-9)13-16-11(7-12(18)17-13)10-5-3-2-4-6-10/h2-8H,1H3,(H,16,17,18). The van der Waals surface area contributed by atoms with E-state index in [9.17, 15) is 4.79 Å². The van der Waals surface area contributed by atoms with E-state index in [1.807, 2.05) is 42.6 Å². The van der Waals surface area contributed by atoms with Gasteiger partial charge in [-0.15, -0.1) is 11.3 Å². The van der Waals surface area contributed by atoms with Crippen LogP contribution in [0.5, 0.6) is 0 Å². The molecular weight excluding hydrogens is 258 g/mol. The monoisotopic (exact) mass is 269 g/mol. The number of benzene rings is 1. The van der Waals surface area contributed by atoms with Crippen molar-refractivity contribution in [3.63, 3.8) is 0 Å². The molecule has 0 amide bonds. The third kappa shape index (κ3) is 2.46. The summed E-state index contributed by atoms with van der Waals surface area (Å²) < 4.78 is 0. The van der Waals surface area contributed by atoms with E-state index in [0.29, 0.717) is 11.5 Å². The fraction of sp³-hybridized carbons (Fsp3) is 0.0714. The molecule has 4 nitrogen and oxygen atoms in total. The molecule has 0 unspecified atom stereocenters. The Labute approximate surface area is 113 Å². The summed E-state index contributed by atoms with van der Waals surface area (Å²) in [5.74, 6) is 0.518. The molecule has 0 aliphatic carbocycles. The molecule has 0 bridgehead atoms. The van der Waals surface area contributed by atoms with Crippen LogP contribution in [-0.2, 0) is 0 Å². The summed E-state index contributed by atoms with van der Waals surface area (Å²) in [5, 5.41) is 2.66. The molecule has 2 aromatic heterocycles. The lowest BCUT2D eigenvalue weighted by molar-refractivity contribution is 1.11. The molecule has 0 atom stereocenters. The Bertz CT molecular complexity index is 762. The SMILES string of the molecule is Cc1csc(-c2nc(-c3ccccc3)cc(=O)[nH]2)n1. The van der Waals surface area contributed by atoms with Gasteiger partial charge >= 0.3 is 0 Å². The first-order valence-corrected chi connectivity index (χ1v) is 6.69. The van der Waals surface area contributed by atoms with Crippen molar-refractivity contribution in [2.24, 2.45) is 0 Å². The van der Waals surface area contributed by atoms with Crippen molar-refractivity contribution >= 4 is 11.3 Å². The van der Waals surface area contributed by atoms with E-state index < -0.39 is 0 Å². The van der Waals surface area contributed by atoms with E-state index in [2.05, 4.69) is 15.0 Å². The van der Waals surface area contributed by atoms with Crippen LogP contribution in [0.3, 0.4) is 0 Å². The molecule has 0 fully saturated rings. The summed E-state index contributed by atoms with van der Waals surface area (Å²) in [6.07, 6.45) is 0. The normalized spacial score (nSPS) is 10.6. The van der Waals surface area contributed by atoms with Crippen molar-refractivity contribution in [2.75, 3.05) is 0 Å². The molecule has 94 valence electrons. The predicted molar refractivity (Wildman–Crippen MR) is 76.1 cm³/mol. The molecule has 0 spiro atoms. The van der Waals surface area contributed by atoms with E-state index in [4.69, 9.17) is 0 Å². The first-order valence-electron chi connectivity index (χ1n) is 5.82. The van der Waals surface area contributed by atoms with Crippen LogP contribution in [0.2, 0.25) is 0 Å². The topological polar surface area (TPSA) is 58.6 Å². The number of aromatic nitrogens is 3. The van der Waals surface area contributed by atoms with Crippen LogP contribution in [-0.4, -0.2) is 15.0 Å². The van der Waals surface area contributed by atoms with Crippen LogP contribution >= 0.6 is 11.3 Å². The highest BCUT2D eigenvalue weighted by Crippen LogP contribution is 2.21. The fourth-order valence-electron chi connectivity index (χ4n) is 1.78. The van der Waals surface area contributed by atoms with E-state index in [1.54, 1.807) is 0 Å². The first kappa shape index (κ1) is 11.8. The highest BCUT2D eigenvalue weighted by atomic mass is 32.1. The second kappa shape index (κ2) is 4.78. The number of thiazole rings is 1. The van der Waals surface area contributed by atoms with Gasteiger partial charge in [0.25, 0.3) is 5.56 Å². The number of aryl methyl sites for hydroxylation is 1. The van der Waals surface area contributed by atoms with Crippen LogP contribution in [0.4, 0.5) is 0 Å². The smallest absolute Gasteiger partial charge is 0.251 e. The number of nitrogens with zero attached hydrogens (tertiary/aromatic N) is 2. The maximum absolute atomic E-state index is 11.7. The van der Waals surface area contributed by atoms with Gasteiger partial charge in [0.15, 0.2) is 10.8 Å². The fourth-order valence-corrected chi connectivity index (χ4v) is 2.52. The van der Waals surface area contributed by atoms with Gasteiger partial charge in [0.05, 0.1) is 5.69 Å². The summed E-state index contributed by atoms with van der Waals surface area (Å²) in [6, 6.07) is 11.1. The zero-order valence-electron chi connectivity index (χ0n) is 10.3. The molecule has 0 aliphatic rings. The van der Waals surface area contributed by atoms with E-state index >= 15 is 0 Å². The summed E-state index contributed by atoms with van der Waals surface area (Å²) >= 11 is 1.47. The first-order chi connectivity index (χ1) is 9.22. The lowest BCUT2D eigenvalue weighted by atomic mass is 10.1. The van der Waals surface area contributed by atoms with Gasteiger partial charge < -0.3 is 4.98 Å². The molecule has 0 saturated carbocycles. The zero-order chi connectivity index (χ0) is 13.2. The highest BCUT2D eigenvalue weighted by molar-refractivity contribution is 7.13. The molecule has 1 N–H and O–H groups in total. The van der Waals surface area contributed by atoms with Crippen LogP contribution in [0.25, 0.3) is 22.1 Å². The molecule has 19 heavy (non-hydrogen) atoms. The number of nitrogens with one attached hydrogen (secondary N) is 1. The van der Waals surface area contributed by atoms with E-state index in [1.165, 1.54) is 17.4 Å². The van der Waals surface area contributed by atoms with Crippen molar-refractivity contribution in [3.8, 4) is 22.1 Å². The average molecular weight is 269 g/mol. The maximum atomic E-state index is 11.7. The summed E-state index contributed by atoms with van der Waals surface area (Å²) in [7, 11) is 0. The Morgan fingerprint density at radius 1 is 1.16 bits per heavy atom. The van der Waals surface area contributed by atoms with Gasteiger partial charge in [-0.1, -0.05) is 30.3 Å². The van der Waals surface area contributed by atoms with Crippen molar-refractivity contribution in [1.29, 1.82) is 0 Å². The molecular formula is C14H11N3OS. The predicted octanol–water partition coefficient (Wildman–Crippen LogP) is 2.87. The molecule has 1 aromatic carbocycles. The lowest BCUT2D eigenvalue weighted by Crippen LogP contribution is -2.08. The van der Waals surface area contributed by atoms with Crippen molar-refractivity contribution in [2.45, 2.75) is 6.92 Å². The minimum Gasteiger partial charge on any atom is -0.304 e. The summed E-state index contributed by atoms with van der Waals surface area (Å²) in [6.45, 7) is 1.92. The average Bonchev–Trinajstić information content (AvgIpc) is 2.86. The number of hydrogen-bond acceptors (Lipinski definition) is 4. The highest BCUT2D eigenvalue weighted by Gasteiger charge is 2.08. The van der Waals surface area contributed by atoms with Gasteiger partial charge in [0.2, 0.25) is 0 Å². The molecule has 3 rings (SSSR count). The van der Waals surface area contributed by atoms with Crippen LogP contribution in [0.15, 0.2) is 46.6 Å². The molecule has 0 aliphatic heterocycles. The molecule has 0 radical (unpaired) electrons. The van der Waals surface area contributed by atoms with Gasteiger partial charge in [-0.3, -0.25) is 4.79 Å². The number of rotatable bonds is 2. The molecule has 0 saturated heterocycles. The summed E-state index contributed by atoms with van der Waals surface area (Å²) in [5.41, 5.74) is 2.33. The third-order valence-electron chi connectivity index (χ3n) is 2.63. The Kier molecular flexibility index (Phi) is 2.97. The van der Waals surface area contributed by atoms with E-state index in [-0.39, 0.29) is 5.56 Å². The Hall–Kier alpha value is -2.27. The Morgan fingerprint density at radius 2 is 1.95 bits per heavy atom. The largest absolute Gasteiger partial charge is 0.304 e. The van der Waals surface area contributed by atoms with Gasteiger partial charge in [-0.2, -0.15) is 0 Å². The third-order valence-corrected chi connectivity index (χ3v) is 3.60. The second-order valence-corrected chi connectivity index (χ2v) is 5.00. The Morgan fingerprint density at radius 3 is 2.63 bits per heavy atom. The zero-order valence-corrected chi connectivity index (χ0v) is 11.1. The number of H-pyrrole nitrogens is 1. The minimum atomic E-state index is -0.170. The van der Waals surface area contributed by atoms with Gasteiger partial charge in [-0.25, -0.2) is 9.97 Å². The van der Waals surface area contributed by atoms with Crippen LogP contribution < -0.4 is 5.56 Å². The van der Waals surface area contributed by atoms with Crippen LogP contribution in [0, 0.1) is 6.92 Å². The maximum Gasteiger partial charge on any atom is 0.251 e. The molecule has 2 heterocycles. The van der Waals surface area contributed by atoms with Gasteiger partial charge in [0.1, 0.15) is 0 Å².